The number of anilines is 2. The second-order valence-corrected chi connectivity index (χ2v) is 4.81. The molecule has 0 spiro atoms. The zero-order valence-electron chi connectivity index (χ0n) is 14.4. The first-order chi connectivity index (χ1) is 12.9. The van der Waals surface area contributed by atoms with Crippen molar-refractivity contribution in [3.05, 3.63) is 36.9 Å². The number of hydrogen-bond donors (Lipinski definition) is 2. The fourth-order valence-corrected chi connectivity index (χ4v) is 1.51. The van der Waals surface area contributed by atoms with Crippen LogP contribution >= 0.6 is 0 Å². The minimum atomic E-state index is -6.00. The van der Waals surface area contributed by atoms with Crippen LogP contribution in [-0.4, -0.2) is 37.6 Å². The Labute approximate surface area is 155 Å². The molecule has 28 heavy (non-hydrogen) atoms. The van der Waals surface area contributed by atoms with E-state index in [0.29, 0.717) is 0 Å². The number of halogens is 8. The van der Waals surface area contributed by atoms with Crippen molar-refractivity contribution in [2.45, 2.75) is 12.8 Å². The molecule has 0 aromatic carbocycles. The third-order valence-corrected chi connectivity index (χ3v) is 2.40. The van der Waals surface area contributed by atoms with E-state index in [2.05, 4.69) is 30.6 Å². The molecule has 0 unspecified atom stereocenters. The zero-order chi connectivity index (χ0) is 21.5. The summed E-state index contributed by atoms with van der Waals surface area (Å²) in [6, 6.07) is 3.72. The number of H-pyrrole nitrogens is 2. The van der Waals surface area contributed by atoms with Gasteiger partial charge in [0.15, 0.2) is 0 Å². The van der Waals surface area contributed by atoms with Crippen LogP contribution in [0.3, 0.4) is 0 Å². The van der Waals surface area contributed by atoms with E-state index in [1.807, 2.05) is 24.5 Å². The predicted octanol–water partition coefficient (Wildman–Crippen LogP) is 3.01. The van der Waals surface area contributed by atoms with Crippen molar-refractivity contribution in [3.63, 3.8) is 0 Å². The van der Waals surface area contributed by atoms with Crippen molar-refractivity contribution in [1.29, 1.82) is 0 Å². The van der Waals surface area contributed by atoms with Gasteiger partial charge in [-0.05, 0) is 12.8 Å². The smallest absolute Gasteiger partial charge is 0.418 e. The molecule has 0 radical (unpaired) electrons. The Bertz CT molecular complexity index is 550. The quantitative estimate of drug-likeness (QED) is 0.411. The van der Waals surface area contributed by atoms with Crippen LogP contribution in [0.2, 0.25) is 0 Å². The Hall–Kier alpha value is -2.67. The number of nitrogens with one attached hydrogen (secondary N) is 4. The molecule has 4 N–H and O–H groups in total. The molecule has 0 aliphatic rings. The average molecular weight is 420 g/mol. The Morgan fingerprint density at radius 2 is 1.00 bits per heavy atom. The monoisotopic (exact) mass is 420 g/mol. The normalized spacial score (nSPS) is 10.7. The summed E-state index contributed by atoms with van der Waals surface area (Å²) in [6.45, 7) is 1.81. The van der Waals surface area contributed by atoms with Crippen molar-refractivity contribution >= 4 is 26.4 Å². The highest BCUT2D eigenvalue weighted by molar-refractivity contribution is 6.50. The van der Waals surface area contributed by atoms with E-state index < -0.39 is 14.5 Å². The van der Waals surface area contributed by atoms with Gasteiger partial charge < -0.3 is 34.5 Å². The van der Waals surface area contributed by atoms with Crippen LogP contribution in [0.4, 0.5) is 46.4 Å². The fraction of sp³-hybridized carbons (Fsp3) is 0.333. The summed E-state index contributed by atoms with van der Waals surface area (Å²) in [5.74, 6) is 1.62. The topological polar surface area (TPSA) is 78.1 Å². The highest BCUT2D eigenvalue weighted by Crippen LogP contribution is 2.07. The largest absolute Gasteiger partial charge is 0.673 e. The van der Waals surface area contributed by atoms with Gasteiger partial charge >= 0.3 is 26.4 Å². The summed E-state index contributed by atoms with van der Waals surface area (Å²) >= 11 is 0. The van der Waals surface area contributed by atoms with E-state index in [9.17, 15) is 34.5 Å². The summed E-state index contributed by atoms with van der Waals surface area (Å²) in [7, 11) is -12.0. The molecule has 0 aliphatic carbocycles. The van der Waals surface area contributed by atoms with Gasteiger partial charge in [0, 0.05) is 12.1 Å². The van der Waals surface area contributed by atoms with Crippen LogP contribution in [0.5, 0.6) is 0 Å². The Kier molecular flexibility index (Phi) is 12.2. The minimum absolute atomic E-state index is 0.809. The van der Waals surface area contributed by atoms with Gasteiger partial charge in [0.05, 0.1) is 25.5 Å². The first kappa shape index (κ1) is 25.3. The van der Waals surface area contributed by atoms with Gasteiger partial charge in [0.25, 0.3) is 0 Å². The minimum Gasteiger partial charge on any atom is -0.418 e. The van der Waals surface area contributed by atoms with E-state index in [1.54, 1.807) is 12.4 Å². The molecule has 0 amide bonds. The molecule has 2 aromatic rings. The van der Waals surface area contributed by atoms with Gasteiger partial charge in [-0.1, -0.05) is 9.97 Å². The summed E-state index contributed by atoms with van der Waals surface area (Å²) in [5.41, 5.74) is 0. The SMILES string of the molecule is F[B-](F)(F)F.F[B-](F)(F)F.c1cnc(NCCCCNc2nccc[nH+]2)[nH+]c1. The van der Waals surface area contributed by atoms with E-state index in [-0.39, 0.29) is 0 Å². The van der Waals surface area contributed by atoms with Crippen LogP contribution in [0.1, 0.15) is 12.8 Å². The van der Waals surface area contributed by atoms with Gasteiger partial charge in [-0.2, -0.15) is 0 Å². The van der Waals surface area contributed by atoms with Gasteiger partial charge in [0.2, 0.25) is 0 Å². The molecule has 0 saturated carbocycles. The Balaban J connectivity index is 0.000000607. The summed E-state index contributed by atoms with van der Waals surface area (Å²) in [4.78, 5) is 14.4. The third-order valence-electron chi connectivity index (χ3n) is 2.40. The van der Waals surface area contributed by atoms with E-state index in [4.69, 9.17) is 0 Å². The van der Waals surface area contributed by atoms with Gasteiger partial charge in [-0.15, -0.1) is 0 Å². The lowest BCUT2D eigenvalue weighted by molar-refractivity contribution is -0.365. The molecule has 0 bridgehead atoms. The van der Waals surface area contributed by atoms with Crippen molar-refractivity contribution in [2.24, 2.45) is 0 Å². The van der Waals surface area contributed by atoms with Crippen molar-refractivity contribution in [3.8, 4) is 0 Å². The van der Waals surface area contributed by atoms with Crippen molar-refractivity contribution in [2.75, 3.05) is 23.7 Å². The maximum absolute atomic E-state index is 9.75. The van der Waals surface area contributed by atoms with E-state index in [1.165, 1.54) is 0 Å². The second-order valence-electron chi connectivity index (χ2n) is 4.81. The molecular weight excluding hydrogens is 402 g/mol. The number of hydrogen-bond acceptors (Lipinski definition) is 4. The zero-order valence-corrected chi connectivity index (χ0v) is 14.4. The average Bonchev–Trinajstić information content (AvgIpc) is 2.57. The molecule has 2 heterocycles. The maximum atomic E-state index is 9.75. The number of aromatic nitrogens is 4. The Morgan fingerprint density at radius 3 is 1.25 bits per heavy atom. The third kappa shape index (κ3) is 23.3. The molecule has 6 nitrogen and oxygen atoms in total. The summed E-state index contributed by atoms with van der Waals surface area (Å²) in [5, 5.41) is 6.45. The van der Waals surface area contributed by atoms with Crippen LogP contribution in [-0.2, 0) is 0 Å². The van der Waals surface area contributed by atoms with Gasteiger partial charge in [-0.25, -0.2) is 9.97 Å². The lowest BCUT2D eigenvalue weighted by Gasteiger charge is -1.98. The molecule has 0 saturated heterocycles. The van der Waals surface area contributed by atoms with Crippen molar-refractivity contribution < 1.29 is 44.5 Å². The molecule has 158 valence electrons. The number of nitrogens with zero attached hydrogens (tertiary/aromatic N) is 2. The first-order valence-electron chi connectivity index (χ1n) is 7.83. The number of rotatable bonds is 7. The fourth-order valence-electron chi connectivity index (χ4n) is 1.51. The molecule has 0 aliphatic heterocycles. The Morgan fingerprint density at radius 1 is 0.679 bits per heavy atom. The standard InChI is InChI=1S/C12H16N6.2BF4/c1(5-13-11-15-7-3-8-16-11)2-6-14-12-17-9-4-10-18-12;2*2-1(3,4)5/h3-4,7-10H,1-2,5-6H2,(H,13,15,16)(H,14,17,18);;/q;2*-1/p+2. The van der Waals surface area contributed by atoms with E-state index in [0.717, 1.165) is 37.8 Å². The van der Waals surface area contributed by atoms with Crippen LogP contribution < -0.4 is 20.6 Å². The summed E-state index contributed by atoms with van der Waals surface area (Å²) in [6.07, 6.45) is 9.38. The molecule has 16 heteroatoms. The van der Waals surface area contributed by atoms with Crippen molar-refractivity contribution in [1.82, 2.24) is 9.97 Å². The maximum Gasteiger partial charge on any atom is 0.673 e. The van der Waals surface area contributed by atoms with Crippen LogP contribution in [0, 0.1) is 0 Å². The first-order valence-corrected chi connectivity index (χ1v) is 7.83. The molecule has 0 atom stereocenters. The predicted molar refractivity (Wildman–Crippen MR) is 88.2 cm³/mol. The molecule has 2 rings (SSSR count). The highest BCUT2D eigenvalue weighted by Gasteiger charge is 2.21. The molecular formula is C12H18B2F8N6. The lowest BCUT2D eigenvalue weighted by Crippen LogP contribution is -2.17. The number of unbranched alkanes of at least 4 members (excludes halogenated alkanes) is 1. The highest BCUT2D eigenvalue weighted by atomic mass is 19.5. The van der Waals surface area contributed by atoms with E-state index >= 15 is 0 Å². The van der Waals surface area contributed by atoms with Crippen LogP contribution in [0.15, 0.2) is 36.9 Å². The molecule has 2 aromatic heterocycles. The lowest BCUT2D eigenvalue weighted by atomic mass is 10.3. The molecule has 0 fully saturated rings. The summed E-state index contributed by atoms with van der Waals surface area (Å²) < 4.78 is 78.0. The van der Waals surface area contributed by atoms with Gasteiger partial charge in [-0.3, -0.25) is 10.6 Å². The van der Waals surface area contributed by atoms with Gasteiger partial charge in [0.1, 0.15) is 12.4 Å². The number of aromatic amines is 2. The second kappa shape index (κ2) is 13.5. The van der Waals surface area contributed by atoms with Crippen LogP contribution in [0.25, 0.3) is 0 Å².